The molecular weight excluding hydrogens is 444 g/mol. The Morgan fingerprint density at radius 3 is 2.19 bits per heavy atom. The smallest absolute Gasteiger partial charge is 0.225 e. The highest BCUT2D eigenvalue weighted by molar-refractivity contribution is 7.98. The summed E-state index contributed by atoms with van der Waals surface area (Å²) >= 11 is 7.95. The van der Waals surface area contributed by atoms with E-state index < -0.39 is 0 Å². The van der Waals surface area contributed by atoms with Crippen molar-refractivity contribution in [2.45, 2.75) is 37.1 Å². The summed E-state index contributed by atoms with van der Waals surface area (Å²) in [5.41, 5.74) is 14.4. The van der Waals surface area contributed by atoms with Gasteiger partial charge in [0.25, 0.3) is 0 Å². The van der Waals surface area contributed by atoms with E-state index in [0.29, 0.717) is 27.6 Å². The number of rotatable bonds is 5. The molecule has 0 fully saturated rings. The van der Waals surface area contributed by atoms with Crippen LogP contribution in [-0.4, -0.2) is 29.7 Å². The van der Waals surface area contributed by atoms with E-state index in [0.717, 1.165) is 11.3 Å². The van der Waals surface area contributed by atoms with Crippen LogP contribution >= 0.6 is 23.4 Å². The van der Waals surface area contributed by atoms with Gasteiger partial charge in [-0.15, -0.1) is 10.2 Å². The summed E-state index contributed by atoms with van der Waals surface area (Å²) in [6, 6.07) is 15.9. The van der Waals surface area contributed by atoms with Crippen LogP contribution in [0.4, 0.5) is 11.9 Å². The van der Waals surface area contributed by atoms with Gasteiger partial charge in [-0.3, -0.25) is 4.57 Å². The molecule has 0 aliphatic heterocycles. The van der Waals surface area contributed by atoms with Gasteiger partial charge in [0, 0.05) is 5.56 Å². The fraction of sp³-hybridized carbons (Fsp3) is 0.227. The van der Waals surface area contributed by atoms with Crippen molar-refractivity contribution < 1.29 is 0 Å². The normalized spacial score (nSPS) is 11.6. The number of anilines is 2. The minimum atomic E-state index is 0.0597. The molecule has 2 aromatic heterocycles. The first-order valence-corrected chi connectivity index (χ1v) is 11.3. The van der Waals surface area contributed by atoms with Gasteiger partial charge in [-0.05, 0) is 23.1 Å². The van der Waals surface area contributed by atoms with Crippen LogP contribution in [0.15, 0.2) is 53.7 Å². The first-order chi connectivity index (χ1) is 15.2. The number of benzene rings is 2. The fourth-order valence-electron chi connectivity index (χ4n) is 3.17. The van der Waals surface area contributed by atoms with Crippen LogP contribution in [0.5, 0.6) is 0 Å². The van der Waals surface area contributed by atoms with E-state index in [9.17, 15) is 0 Å². The minimum Gasteiger partial charge on any atom is -0.368 e. The number of halogens is 1. The molecule has 0 aliphatic rings. The number of para-hydroxylation sites is 1. The molecule has 2 aromatic carbocycles. The Bertz CT molecular complexity index is 1230. The zero-order chi connectivity index (χ0) is 22.9. The van der Waals surface area contributed by atoms with E-state index in [2.05, 4.69) is 70.2 Å². The first-order valence-electron chi connectivity index (χ1n) is 9.92. The molecule has 8 nitrogen and oxygen atoms in total. The van der Waals surface area contributed by atoms with Crippen molar-refractivity contribution in [1.29, 1.82) is 0 Å². The number of hydrogen-bond acceptors (Lipinski definition) is 8. The van der Waals surface area contributed by atoms with Crippen LogP contribution in [0.2, 0.25) is 5.02 Å². The quantitative estimate of drug-likeness (QED) is 0.411. The lowest BCUT2D eigenvalue weighted by atomic mass is 9.87. The largest absolute Gasteiger partial charge is 0.368 e. The van der Waals surface area contributed by atoms with Crippen molar-refractivity contribution in [3.05, 3.63) is 64.9 Å². The predicted molar refractivity (Wildman–Crippen MR) is 129 cm³/mol. The molecule has 0 saturated heterocycles. The number of thioether (sulfide) groups is 1. The second kappa shape index (κ2) is 8.76. The molecule has 0 spiro atoms. The van der Waals surface area contributed by atoms with Gasteiger partial charge in [0.15, 0.2) is 11.0 Å². The van der Waals surface area contributed by atoms with E-state index in [4.69, 9.17) is 23.1 Å². The summed E-state index contributed by atoms with van der Waals surface area (Å²) in [6.45, 7) is 6.55. The summed E-state index contributed by atoms with van der Waals surface area (Å²) in [6.07, 6.45) is 0. The average molecular weight is 467 g/mol. The molecule has 2 heterocycles. The van der Waals surface area contributed by atoms with Gasteiger partial charge in [0.05, 0.1) is 16.5 Å². The molecule has 0 atom stereocenters. The first kappa shape index (κ1) is 22.0. The van der Waals surface area contributed by atoms with Crippen LogP contribution in [0.3, 0.4) is 0 Å². The van der Waals surface area contributed by atoms with Gasteiger partial charge in [-0.1, -0.05) is 80.5 Å². The van der Waals surface area contributed by atoms with E-state index in [1.54, 1.807) is 0 Å². The number of nitrogens with zero attached hydrogens (tertiary/aromatic N) is 6. The zero-order valence-electron chi connectivity index (χ0n) is 18.0. The standard InChI is InChI=1S/C22H23ClN8S/c1-22(2,3)14-10-8-13(9-11-14)18-29-30-21(31(18)16-7-5-4-6-15(16)23)32-12-17-26-19(24)28-20(25)27-17/h4-11H,12H2,1-3H3,(H4,24,25,26,27,28). The van der Waals surface area contributed by atoms with Crippen LogP contribution in [0.25, 0.3) is 17.1 Å². The molecule has 0 aliphatic carbocycles. The molecule has 164 valence electrons. The van der Waals surface area contributed by atoms with Crippen LogP contribution in [0, 0.1) is 0 Å². The summed E-state index contributed by atoms with van der Waals surface area (Å²) in [5.74, 6) is 1.71. The maximum absolute atomic E-state index is 6.54. The monoisotopic (exact) mass is 466 g/mol. The Labute approximate surface area is 195 Å². The molecular formula is C22H23ClN8S. The number of hydrogen-bond donors (Lipinski definition) is 2. The number of aromatic nitrogens is 6. The SMILES string of the molecule is CC(C)(C)c1ccc(-c2nnc(SCc3nc(N)nc(N)n3)n2-c2ccccc2Cl)cc1. The van der Waals surface area contributed by atoms with E-state index >= 15 is 0 Å². The van der Waals surface area contributed by atoms with Gasteiger partial charge >= 0.3 is 0 Å². The predicted octanol–water partition coefficient (Wildman–Crippen LogP) is 4.53. The summed E-state index contributed by atoms with van der Waals surface area (Å²) in [7, 11) is 0. The third kappa shape index (κ3) is 4.68. The molecule has 10 heteroatoms. The molecule has 32 heavy (non-hydrogen) atoms. The maximum Gasteiger partial charge on any atom is 0.225 e. The molecule has 4 N–H and O–H groups in total. The summed E-state index contributed by atoms with van der Waals surface area (Å²) in [4.78, 5) is 12.1. The maximum atomic E-state index is 6.54. The van der Waals surface area contributed by atoms with Gasteiger partial charge in [0.1, 0.15) is 5.82 Å². The van der Waals surface area contributed by atoms with Crippen LogP contribution in [-0.2, 0) is 11.2 Å². The molecule has 0 amide bonds. The third-order valence-electron chi connectivity index (χ3n) is 4.78. The highest BCUT2D eigenvalue weighted by Crippen LogP contribution is 2.33. The average Bonchev–Trinajstić information content (AvgIpc) is 3.15. The lowest BCUT2D eigenvalue weighted by molar-refractivity contribution is 0.590. The summed E-state index contributed by atoms with van der Waals surface area (Å²) < 4.78 is 1.94. The zero-order valence-corrected chi connectivity index (χ0v) is 19.5. The van der Waals surface area contributed by atoms with E-state index in [1.807, 2.05) is 28.8 Å². The lowest BCUT2D eigenvalue weighted by Gasteiger charge is -2.19. The van der Waals surface area contributed by atoms with Gasteiger partial charge < -0.3 is 11.5 Å². The molecule has 4 rings (SSSR count). The van der Waals surface area contributed by atoms with Gasteiger partial charge in [-0.25, -0.2) is 0 Å². The number of nitrogens with two attached hydrogens (primary N) is 2. The van der Waals surface area contributed by atoms with Crippen molar-refractivity contribution in [2.75, 3.05) is 11.5 Å². The van der Waals surface area contributed by atoms with E-state index in [1.165, 1.54) is 17.3 Å². The highest BCUT2D eigenvalue weighted by atomic mass is 35.5. The summed E-state index contributed by atoms with van der Waals surface area (Å²) in [5, 5.41) is 10.1. The van der Waals surface area contributed by atoms with Crippen molar-refractivity contribution in [3.63, 3.8) is 0 Å². The lowest BCUT2D eigenvalue weighted by Crippen LogP contribution is -2.10. The Hall–Kier alpha value is -3.17. The Morgan fingerprint density at radius 2 is 1.56 bits per heavy atom. The van der Waals surface area contributed by atoms with Crippen molar-refractivity contribution in [1.82, 2.24) is 29.7 Å². The molecule has 0 bridgehead atoms. The Morgan fingerprint density at radius 1 is 0.906 bits per heavy atom. The highest BCUT2D eigenvalue weighted by Gasteiger charge is 2.20. The van der Waals surface area contributed by atoms with Crippen LogP contribution in [0.1, 0.15) is 32.2 Å². The van der Waals surface area contributed by atoms with Crippen molar-refractivity contribution >= 4 is 35.3 Å². The fourth-order valence-corrected chi connectivity index (χ4v) is 4.19. The molecule has 0 unspecified atom stereocenters. The second-order valence-corrected chi connectivity index (χ2v) is 9.53. The van der Waals surface area contributed by atoms with Crippen LogP contribution < -0.4 is 11.5 Å². The molecule has 0 radical (unpaired) electrons. The third-order valence-corrected chi connectivity index (χ3v) is 6.03. The molecule has 4 aromatic rings. The number of nitrogen functional groups attached to an aromatic ring is 2. The Kier molecular flexibility index (Phi) is 6.03. The topological polar surface area (TPSA) is 121 Å². The Balaban J connectivity index is 1.75. The van der Waals surface area contributed by atoms with Gasteiger partial charge in [0.2, 0.25) is 11.9 Å². The van der Waals surface area contributed by atoms with Crippen molar-refractivity contribution in [3.8, 4) is 17.1 Å². The second-order valence-electron chi connectivity index (χ2n) is 8.18. The van der Waals surface area contributed by atoms with Gasteiger partial charge in [-0.2, -0.15) is 15.0 Å². The molecule has 0 saturated carbocycles. The van der Waals surface area contributed by atoms with Crippen molar-refractivity contribution in [2.24, 2.45) is 0 Å². The van der Waals surface area contributed by atoms with E-state index in [-0.39, 0.29) is 17.3 Å². The minimum absolute atomic E-state index is 0.0597.